The Morgan fingerprint density at radius 3 is 1.11 bits per heavy atom. The van der Waals surface area contributed by atoms with Gasteiger partial charge in [-0.05, 0) is 67.5 Å². The lowest BCUT2D eigenvalue weighted by Gasteiger charge is -2.28. The van der Waals surface area contributed by atoms with Gasteiger partial charge in [0.25, 0.3) is 0 Å². The average molecular weight is 577 g/mol. The second-order valence-electron chi connectivity index (χ2n) is 7.62. The predicted octanol–water partition coefficient (Wildman–Crippen LogP) is 3.47. The molecule has 0 aliphatic carbocycles. The van der Waals surface area contributed by atoms with Crippen LogP contribution in [-0.4, -0.2) is 96.6 Å². The fourth-order valence-electron chi connectivity index (χ4n) is 3.57. The Morgan fingerprint density at radius 1 is 0.528 bits per heavy atom. The molecule has 0 aromatic rings. The SMILES string of the molecule is CCO[Si](CCCNCCO[PH](=O)OCCNCCC[Si](OCC)(OCC)OCC)(OCC)OCC. The van der Waals surface area contributed by atoms with E-state index in [1.54, 1.807) is 0 Å². The third-order valence-electron chi connectivity index (χ3n) is 4.86. The van der Waals surface area contributed by atoms with Gasteiger partial charge in [-0.25, -0.2) is 0 Å². The highest BCUT2D eigenvalue weighted by Gasteiger charge is 2.40. The van der Waals surface area contributed by atoms with Crippen LogP contribution >= 0.6 is 8.25 Å². The molecule has 36 heavy (non-hydrogen) atoms. The number of rotatable bonds is 28. The minimum absolute atomic E-state index is 0.329. The summed E-state index contributed by atoms with van der Waals surface area (Å²) in [7, 11) is -7.68. The first-order valence-corrected chi connectivity index (χ1v) is 18.6. The van der Waals surface area contributed by atoms with E-state index in [2.05, 4.69) is 10.6 Å². The Kier molecular flexibility index (Phi) is 24.5. The van der Waals surface area contributed by atoms with Gasteiger partial charge in [-0.2, -0.15) is 0 Å². The topological polar surface area (TPSA) is 115 Å². The van der Waals surface area contributed by atoms with Crippen molar-refractivity contribution in [2.75, 3.05) is 79.0 Å². The van der Waals surface area contributed by atoms with Crippen molar-refractivity contribution in [3.63, 3.8) is 0 Å². The molecular weight excluding hydrogens is 523 g/mol. The molecule has 0 aromatic carbocycles. The zero-order valence-corrected chi connectivity index (χ0v) is 26.5. The number of hydrogen-bond donors (Lipinski definition) is 2. The van der Waals surface area contributed by atoms with Crippen LogP contribution in [0.1, 0.15) is 54.4 Å². The summed E-state index contributed by atoms with van der Waals surface area (Å²) in [6.07, 6.45) is 1.74. The highest BCUT2D eigenvalue weighted by Crippen LogP contribution is 2.22. The molecule has 11 nitrogen and oxygen atoms in total. The Hall–Kier alpha value is 0.264. The molecule has 0 aromatic heterocycles. The van der Waals surface area contributed by atoms with Crippen molar-refractivity contribution >= 4 is 25.9 Å². The van der Waals surface area contributed by atoms with Crippen LogP contribution < -0.4 is 10.6 Å². The van der Waals surface area contributed by atoms with Gasteiger partial charge in [0.15, 0.2) is 0 Å². The molecule has 0 aliphatic heterocycles. The van der Waals surface area contributed by atoms with Gasteiger partial charge in [-0.3, -0.25) is 4.57 Å². The van der Waals surface area contributed by atoms with E-state index in [9.17, 15) is 4.57 Å². The molecule has 0 saturated carbocycles. The number of hydrogen-bond acceptors (Lipinski definition) is 11. The molecule has 0 rings (SSSR count). The van der Waals surface area contributed by atoms with E-state index < -0.39 is 25.9 Å². The summed E-state index contributed by atoms with van der Waals surface area (Å²) >= 11 is 0. The van der Waals surface area contributed by atoms with Crippen molar-refractivity contribution < 1.29 is 40.2 Å². The molecule has 0 spiro atoms. The first-order valence-electron chi connectivity index (χ1n) is 13.5. The van der Waals surface area contributed by atoms with Gasteiger partial charge in [0.05, 0.1) is 13.2 Å². The monoisotopic (exact) mass is 576 g/mol. The predicted molar refractivity (Wildman–Crippen MR) is 147 cm³/mol. The van der Waals surface area contributed by atoms with Crippen molar-refractivity contribution in [3.8, 4) is 0 Å². The largest absolute Gasteiger partial charge is 0.500 e. The van der Waals surface area contributed by atoms with E-state index in [4.69, 9.17) is 35.6 Å². The Morgan fingerprint density at radius 2 is 0.833 bits per heavy atom. The van der Waals surface area contributed by atoms with E-state index in [0.717, 1.165) is 38.0 Å². The molecule has 218 valence electrons. The average Bonchev–Trinajstić information content (AvgIpc) is 2.84. The van der Waals surface area contributed by atoms with Crippen LogP contribution in [0.5, 0.6) is 0 Å². The second-order valence-corrected chi connectivity index (χ2v) is 14.2. The summed E-state index contributed by atoms with van der Waals surface area (Å²) in [6.45, 7) is 18.6. The summed E-state index contributed by atoms with van der Waals surface area (Å²) in [4.78, 5) is 0. The van der Waals surface area contributed by atoms with Gasteiger partial charge >= 0.3 is 25.9 Å². The van der Waals surface area contributed by atoms with E-state index in [-0.39, 0.29) is 0 Å². The molecular formula is C22H53N2O9PSi2. The standard InChI is InChI=1S/C22H53N2O9PSi2/c1-7-28-35(29-8-2,30-9-3)21-13-15-23-17-19-26-34(25)27-20-18-24-16-14-22-36(31-10-4,32-11-5)33-12-6/h23-24,34H,7-22H2,1-6H3. The summed E-state index contributed by atoms with van der Waals surface area (Å²) in [5.74, 6) is 0. The summed E-state index contributed by atoms with van der Waals surface area (Å²) in [5, 5.41) is 6.56. The summed E-state index contributed by atoms with van der Waals surface area (Å²) in [6, 6.07) is 1.52. The van der Waals surface area contributed by atoms with Crippen molar-refractivity contribution in [1.82, 2.24) is 10.6 Å². The molecule has 0 fully saturated rings. The van der Waals surface area contributed by atoms with Crippen molar-refractivity contribution in [2.45, 2.75) is 66.5 Å². The molecule has 0 amide bonds. The number of nitrogens with one attached hydrogen (secondary N) is 2. The quantitative estimate of drug-likeness (QED) is 0.0811. The van der Waals surface area contributed by atoms with Crippen molar-refractivity contribution in [2.24, 2.45) is 0 Å². The fourth-order valence-corrected chi connectivity index (χ4v) is 9.41. The van der Waals surface area contributed by atoms with Crippen LogP contribution in [-0.2, 0) is 40.2 Å². The fraction of sp³-hybridized carbons (Fsp3) is 1.00. The Labute approximate surface area is 222 Å². The van der Waals surface area contributed by atoms with Crippen molar-refractivity contribution in [1.29, 1.82) is 0 Å². The summed E-state index contributed by atoms with van der Waals surface area (Å²) in [5.41, 5.74) is 0. The van der Waals surface area contributed by atoms with Gasteiger partial charge < -0.3 is 46.2 Å². The molecule has 0 aliphatic rings. The van der Waals surface area contributed by atoms with Gasteiger partial charge in [0, 0.05) is 64.8 Å². The van der Waals surface area contributed by atoms with Crippen LogP contribution in [0.2, 0.25) is 12.1 Å². The van der Waals surface area contributed by atoms with Crippen LogP contribution in [0.3, 0.4) is 0 Å². The maximum absolute atomic E-state index is 11.9. The zero-order chi connectivity index (χ0) is 27.0. The molecule has 0 unspecified atom stereocenters. The van der Waals surface area contributed by atoms with Crippen LogP contribution in [0.4, 0.5) is 0 Å². The normalized spacial score (nSPS) is 12.6. The summed E-state index contributed by atoms with van der Waals surface area (Å²) < 4.78 is 57.6. The van der Waals surface area contributed by atoms with Gasteiger partial charge in [-0.15, -0.1) is 0 Å². The minimum atomic E-state index is -2.59. The van der Waals surface area contributed by atoms with Crippen molar-refractivity contribution in [3.05, 3.63) is 0 Å². The maximum Gasteiger partial charge on any atom is 0.500 e. The lowest BCUT2D eigenvalue weighted by Crippen LogP contribution is -2.46. The van der Waals surface area contributed by atoms with Crippen LogP contribution in [0, 0.1) is 0 Å². The molecule has 0 heterocycles. The maximum atomic E-state index is 11.9. The van der Waals surface area contributed by atoms with Crippen LogP contribution in [0.25, 0.3) is 0 Å². The van der Waals surface area contributed by atoms with Gasteiger partial charge in [0.1, 0.15) is 0 Å². The van der Waals surface area contributed by atoms with Gasteiger partial charge in [-0.1, -0.05) is 0 Å². The smallest absolute Gasteiger partial charge is 0.374 e. The first kappa shape index (κ1) is 36.3. The molecule has 14 heteroatoms. The first-order chi connectivity index (χ1) is 17.5. The lowest BCUT2D eigenvalue weighted by molar-refractivity contribution is 0.0700. The molecule has 0 saturated heterocycles. The Balaban J connectivity index is 3.87. The second kappa shape index (κ2) is 24.3. The zero-order valence-electron chi connectivity index (χ0n) is 23.5. The highest BCUT2D eigenvalue weighted by atomic mass is 31.1. The van der Waals surface area contributed by atoms with Gasteiger partial charge in [0.2, 0.25) is 0 Å². The minimum Gasteiger partial charge on any atom is -0.374 e. The van der Waals surface area contributed by atoms with E-state index in [0.29, 0.717) is 65.9 Å². The van der Waals surface area contributed by atoms with E-state index in [1.165, 1.54) is 0 Å². The third-order valence-corrected chi connectivity index (χ3v) is 12.0. The Bertz CT molecular complexity index is 452. The van der Waals surface area contributed by atoms with E-state index in [1.807, 2.05) is 41.5 Å². The molecule has 0 atom stereocenters. The van der Waals surface area contributed by atoms with E-state index >= 15 is 0 Å². The highest BCUT2D eigenvalue weighted by molar-refractivity contribution is 7.33. The molecule has 0 bridgehead atoms. The third kappa shape index (κ3) is 17.7. The lowest BCUT2D eigenvalue weighted by atomic mass is 10.5. The molecule has 0 radical (unpaired) electrons. The molecule has 2 N–H and O–H groups in total. The van der Waals surface area contributed by atoms with Crippen LogP contribution in [0.15, 0.2) is 0 Å².